The molecule has 0 aliphatic heterocycles. The van der Waals surface area contributed by atoms with Crippen molar-refractivity contribution in [1.29, 1.82) is 0 Å². The van der Waals surface area contributed by atoms with Gasteiger partial charge in [-0.3, -0.25) is 4.79 Å². The Morgan fingerprint density at radius 2 is 1.90 bits per heavy atom. The summed E-state index contributed by atoms with van der Waals surface area (Å²) in [6, 6.07) is 15.3. The number of carbonyl (C=O) groups is 1. The first-order valence-electron chi connectivity index (χ1n) is 10.8. The van der Waals surface area contributed by atoms with Gasteiger partial charge in [-0.1, -0.05) is 55.1 Å². The molecule has 1 fully saturated rings. The molecule has 1 saturated carbocycles. The topological polar surface area (TPSA) is 56.2 Å². The Morgan fingerprint density at radius 1 is 1.17 bits per heavy atom. The quantitative estimate of drug-likeness (QED) is 0.541. The summed E-state index contributed by atoms with van der Waals surface area (Å²) in [6.45, 7) is 3.08. The summed E-state index contributed by atoms with van der Waals surface area (Å²) in [5.74, 6) is 1.79. The summed E-state index contributed by atoms with van der Waals surface area (Å²) in [5.41, 5.74) is 1.96. The zero-order chi connectivity index (χ0) is 20.9. The number of hydrogen-bond donors (Lipinski definition) is 1. The second-order valence-electron chi connectivity index (χ2n) is 7.95. The van der Waals surface area contributed by atoms with Crippen molar-refractivity contribution in [3.63, 3.8) is 0 Å². The molecule has 5 nitrogen and oxygen atoms in total. The van der Waals surface area contributed by atoms with Gasteiger partial charge in [0, 0.05) is 5.92 Å². The molecular formula is C24H28ClN3O2. The van der Waals surface area contributed by atoms with Crippen LogP contribution in [0.4, 0.5) is 0 Å². The Morgan fingerprint density at radius 3 is 2.70 bits per heavy atom. The van der Waals surface area contributed by atoms with E-state index in [1.807, 2.05) is 49.4 Å². The molecule has 0 spiro atoms. The molecule has 2 aromatic carbocycles. The van der Waals surface area contributed by atoms with Crippen LogP contribution in [0.25, 0.3) is 11.0 Å². The first-order valence-corrected chi connectivity index (χ1v) is 11.1. The Hall–Kier alpha value is -2.53. The normalized spacial score (nSPS) is 15.8. The summed E-state index contributed by atoms with van der Waals surface area (Å²) < 4.78 is 8.04. The van der Waals surface area contributed by atoms with Crippen molar-refractivity contribution in [3.8, 4) is 5.75 Å². The largest absolute Gasteiger partial charge is 0.490 e. The molecule has 1 atom stereocenters. The molecule has 1 unspecified atom stereocenters. The third kappa shape index (κ3) is 4.62. The third-order valence-electron chi connectivity index (χ3n) is 5.82. The molecule has 0 radical (unpaired) electrons. The van der Waals surface area contributed by atoms with Crippen LogP contribution in [-0.4, -0.2) is 22.1 Å². The SMILES string of the molecule is CC(NC(=O)C1CCCCC1)c1nc2ccccc2n1CCOc1ccccc1Cl. The zero-order valence-electron chi connectivity index (χ0n) is 17.3. The van der Waals surface area contributed by atoms with Crippen molar-refractivity contribution in [3.05, 3.63) is 59.4 Å². The number of amides is 1. The molecule has 0 bridgehead atoms. The summed E-state index contributed by atoms with van der Waals surface area (Å²) in [5, 5.41) is 3.80. The molecule has 158 valence electrons. The van der Waals surface area contributed by atoms with Crippen molar-refractivity contribution in [2.75, 3.05) is 6.61 Å². The van der Waals surface area contributed by atoms with Crippen molar-refractivity contribution in [1.82, 2.24) is 14.9 Å². The van der Waals surface area contributed by atoms with E-state index in [4.69, 9.17) is 21.3 Å². The van der Waals surface area contributed by atoms with Gasteiger partial charge >= 0.3 is 0 Å². The second kappa shape index (κ2) is 9.52. The highest BCUT2D eigenvalue weighted by atomic mass is 35.5. The van der Waals surface area contributed by atoms with Crippen LogP contribution in [0.15, 0.2) is 48.5 Å². The van der Waals surface area contributed by atoms with Gasteiger partial charge in [-0.2, -0.15) is 0 Å². The lowest BCUT2D eigenvalue weighted by Gasteiger charge is -2.23. The van der Waals surface area contributed by atoms with Crippen LogP contribution >= 0.6 is 11.6 Å². The predicted octanol–water partition coefficient (Wildman–Crippen LogP) is 5.53. The van der Waals surface area contributed by atoms with E-state index < -0.39 is 0 Å². The monoisotopic (exact) mass is 425 g/mol. The number of fused-ring (bicyclic) bond motifs is 1. The van der Waals surface area contributed by atoms with Gasteiger partial charge in [-0.05, 0) is 44.0 Å². The van der Waals surface area contributed by atoms with Crippen molar-refractivity contribution in [2.24, 2.45) is 5.92 Å². The maximum Gasteiger partial charge on any atom is 0.223 e. The van der Waals surface area contributed by atoms with E-state index in [-0.39, 0.29) is 17.9 Å². The maximum absolute atomic E-state index is 12.8. The van der Waals surface area contributed by atoms with E-state index in [1.54, 1.807) is 0 Å². The van der Waals surface area contributed by atoms with Crippen LogP contribution in [-0.2, 0) is 11.3 Å². The summed E-state index contributed by atoms with van der Waals surface area (Å²) >= 11 is 6.20. The molecular weight excluding hydrogens is 398 g/mol. The van der Waals surface area contributed by atoms with E-state index in [0.29, 0.717) is 23.9 Å². The Kier molecular flexibility index (Phi) is 6.58. The van der Waals surface area contributed by atoms with Crippen LogP contribution < -0.4 is 10.1 Å². The molecule has 3 aromatic rings. The molecule has 1 N–H and O–H groups in total. The highest BCUT2D eigenvalue weighted by Crippen LogP contribution is 2.26. The summed E-state index contributed by atoms with van der Waals surface area (Å²) in [6.07, 6.45) is 5.50. The number of aromatic nitrogens is 2. The summed E-state index contributed by atoms with van der Waals surface area (Å²) in [7, 11) is 0. The Labute approximate surface area is 182 Å². The minimum atomic E-state index is -0.174. The Balaban J connectivity index is 1.50. The highest BCUT2D eigenvalue weighted by Gasteiger charge is 2.24. The van der Waals surface area contributed by atoms with Gasteiger partial charge < -0.3 is 14.6 Å². The number of para-hydroxylation sites is 3. The number of imidazole rings is 1. The molecule has 1 heterocycles. The van der Waals surface area contributed by atoms with E-state index in [9.17, 15) is 4.79 Å². The Bertz CT molecular complexity index is 1010. The van der Waals surface area contributed by atoms with Crippen molar-refractivity contribution < 1.29 is 9.53 Å². The molecule has 1 aromatic heterocycles. The van der Waals surface area contributed by atoms with Crippen LogP contribution in [0.3, 0.4) is 0 Å². The number of halogens is 1. The number of carbonyl (C=O) groups excluding carboxylic acids is 1. The minimum Gasteiger partial charge on any atom is -0.490 e. The fourth-order valence-corrected chi connectivity index (χ4v) is 4.42. The first kappa shape index (κ1) is 20.7. The average Bonchev–Trinajstić information content (AvgIpc) is 3.14. The number of rotatable bonds is 7. The van der Waals surface area contributed by atoms with Crippen LogP contribution in [0.2, 0.25) is 5.02 Å². The summed E-state index contributed by atoms with van der Waals surface area (Å²) in [4.78, 5) is 17.6. The first-order chi connectivity index (χ1) is 14.6. The van der Waals surface area contributed by atoms with E-state index in [1.165, 1.54) is 6.42 Å². The van der Waals surface area contributed by atoms with Crippen LogP contribution in [0.1, 0.15) is 50.9 Å². The standard InChI is InChI=1S/C24H28ClN3O2/c1-17(26-24(29)18-9-3-2-4-10-18)23-27-20-12-6-7-13-21(20)28(23)15-16-30-22-14-8-5-11-19(22)25/h5-8,11-14,17-18H,2-4,9-10,15-16H2,1H3,(H,26,29). The molecule has 0 saturated heterocycles. The molecule has 30 heavy (non-hydrogen) atoms. The van der Waals surface area contributed by atoms with Gasteiger partial charge in [-0.15, -0.1) is 0 Å². The predicted molar refractivity (Wildman–Crippen MR) is 120 cm³/mol. The maximum atomic E-state index is 12.8. The van der Waals surface area contributed by atoms with Gasteiger partial charge in [0.1, 0.15) is 18.2 Å². The highest BCUT2D eigenvalue weighted by molar-refractivity contribution is 6.32. The smallest absolute Gasteiger partial charge is 0.223 e. The molecule has 4 rings (SSSR count). The lowest BCUT2D eigenvalue weighted by Crippen LogP contribution is -2.35. The fourth-order valence-electron chi connectivity index (χ4n) is 4.23. The molecule has 1 amide bonds. The fraction of sp³-hybridized carbons (Fsp3) is 0.417. The van der Waals surface area contributed by atoms with Crippen molar-refractivity contribution in [2.45, 2.75) is 51.6 Å². The lowest BCUT2D eigenvalue weighted by molar-refractivity contribution is -0.126. The number of nitrogens with zero attached hydrogens (tertiary/aromatic N) is 2. The van der Waals surface area contributed by atoms with E-state index in [2.05, 4.69) is 16.0 Å². The van der Waals surface area contributed by atoms with E-state index >= 15 is 0 Å². The number of hydrogen-bond acceptors (Lipinski definition) is 3. The number of benzene rings is 2. The molecule has 1 aliphatic carbocycles. The van der Waals surface area contributed by atoms with Gasteiger partial charge in [0.15, 0.2) is 0 Å². The van der Waals surface area contributed by atoms with Crippen molar-refractivity contribution >= 4 is 28.5 Å². The average molecular weight is 426 g/mol. The minimum absolute atomic E-state index is 0.127. The van der Waals surface area contributed by atoms with Gasteiger partial charge in [0.25, 0.3) is 0 Å². The van der Waals surface area contributed by atoms with Gasteiger partial charge in [-0.25, -0.2) is 4.98 Å². The lowest BCUT2D eigenvalue weighted by atomic mass is 9.88. The number of ether oxygens (including phenoxy) is 1. The van der Waals surface area contributed by atoms with Gasteiger partial charge in [0.2, 0.25) is 5.91 Å². The van der Waals surface area contributed by atoms with Crippen LogP contribution in [0, 0.1) is 5.92 Å². The number of nitrogens with one attached hydrogen (secondary N) is 1. The van der Waals surface area contributed by atoms with E-state index in [0.717, 1.165) is 42.5 Å². The van der Waals surface area contributed by atoms with Gasteiger partial charge in [0.05, 0.1) is 28.6 Å². The third-order valence-corrected chi connectivity index (χ3v) is 6.13. The molecule has 6 heteroatoms. The molecule has 1 aliphatic rings. The second-order valence-corrected chi connectivity index (χ2v) is 8.36. The van der Waals surface area contributed by atoms with Crippen LogP contribution in [0.5, 0.6) is 5.75 Å². The zero-order valence-corrected chi connectivity index (χ0v) is 18.1.